The van der Waals surface area contributed by atoms with Crippen molar-refractivity contribution >= 4 is 11.6 Å². The average molecular weight is 369 g/mol. The highest BCUT2D eigenvalue weighted by Gasteiger charge is 2.32. The normalized spacial score (nSPS) is 11.3. The Kier molecular flexibility index (Phi) is 4.85. The first-order valence-corrected chi connectivity index (χ1v) is 8.22. The maximum absolute atomic E-state index is 13.8. The molecule has 0 radical (unpaired) electrons. The topological polar surface area (TPSA) is 64.0 Å². The number of carbonyl (C=O) groups is 1. The van der Waals surface area contributed by atoms with Gasteiger partial charge >= 0.3 is 0 Å². The minimum absolute atomic E-state index is 0.0123. The molecule has 1 amide bonds. The van der Waals surface area contributed by atoms with Crippen molar-refractivity contribution in [1.82, 2.24) is 9.78 Å². The number of nitrogens with one attached hydrogen (secondary N) is 1. The zero-order valence-corrected chi connectivity index (χ0v) is 14.7. The number of hydrogen-bond acceptors (Lipinski definition) is 3. The molecule has 3 aromatic rings. The minimum atomic E-state index is -1.39. The molecule has 0 aliphatic rings. The van der Waals surface area contributed by atoms with Crippen LogP contribution in [-0.2, 0) is 10.3 Å². The molecule has 1 N–H and O–H groups in total. The van der Waals surface area contributed by atoms with Crippen molar-refractivity contribution in [1.29, 1.82) is 0 Å². The largest absolute Gasteiger partial charge is 0.321 e. The fourth-order valence-corrected chi connectivity index (χ4v) is 2.52. The number of halogens is 2. The van der Waals surface area contributed by atoms with Gasteiger partial charge < -0.3 is 5.32 Å². The highest BCUT2D eigenvalue weighted by Crippen LogP contribution is 2.21. The van der Waals surface area contributed by atoms with Crippen LogP contribution in [0.15, 0.2) is 65.5 Å². The van der Waals surface area contributed by atoms with Crippen molar-refractivity contribution in [2.24, 2.45) is 0 Å². The molecule has 0 saturated carbocycles. The standard InChI is InChI=1S/C20H17F2N3O2/c1-20(2,19(27)23-17-6-4-3-5-15(17)22)25-18(26)12-11-16(24-25)13-7-9-14(21)10-8-13/h3-12H,1-2H3,(H,23,27). The van der Waals surface area contributed by atoms with E-state index in [4.69, 9.17) is 0 Å². The van der Waals surface area contributed by atoms with Crippen LogP contribution in [0, 0.1) is 11.6 Å². The Balaban J connectivity index is 1.97. The summed E-state index contributed by atoms with van der Waals surface area (Å²) in [6, 6.07) is 14.1. The number of nitrogens with zero attached hydrogens (tertiary/aromatic N) is 2. The number of hydrogen-bond donors (Lipinski definition) is 1. The summed E-state index contributed by atoms with van der Waals surface area (Å²) in [6.07, 6.45) is 0. The zero-order chi connectivity index (χ0) is 19.6. The second-order valence-electron chi connectivity index (χ2n) is 6.47. The molecule has 0 saturated heterocycles. The van der Waals surface area contributed by atoms with Crippen molar-refractivity contribution in [3.05, 3.63) is 82.7 Å². The van der Waals surface area contributed by atoms with Gasteiger partial charge in [0, 0.05) is 11.6 Å². The number of anilines is 1. The van der Waals surface area contributed by atoms with Crippen LogP contribution < -0.4 is 10.9 Å². The molecule has 1 aromatic heterocycles. The van der Waals surface area contributed by atoms with Gasteiger partial charge in [-0.25, -0.2) is 13.5 Å². The molecule has 27 heavy (non-hydrogen) atoms. The Hall–Kier alpha value is -3.35. The fraction of sp³-hybridized carbons (Fsp3) is 0.150. The third-order valence-electron chi connectivity index (χ3n) is 4.15. The first kappa shape index (κ1) is 18.4. The van der Waals surface area contributed by atoms with Crippen LogP contribution in [0.5, 0.6) is 0 Å². The van der Waals surface area contributed by atoms with Gasteiger partial charge in [-0.15, -0.1) is 0 Å². The summed E-state index contributed by atoms with van der Waals surface area (Å²) in [4.78, 5) is 25.0. The summed E-state index contributed by atoms with van der Waals surface area (Å²) in [5.74, 6) is -1.57. The maximum Gasteiger partial charge on any atom is 0.267 e. The van der Waals surface area contributed by atoms with E-state index >= 15 is 0 Å². The maximum atomic E-state index is 13.8. The van der Waals surface area contributed by atoms with Crippen molar-refractivity contribution in [3.8, 4) is 11.3 Å². The van der Waals surface area contributed by atoms with Crippen LogP contribution in [0.1, 0.15) is 13.8 Å². The lowest BCUT2D eigenvalue weighted by Crippen LogP contribution is -2.47. The van der Waals surface area contributed by atoms with E-state index in [0.29, 0.717) is 11.3 Å². The van der Waals surface area contributed by atoms with E-state index < -0.39 is 28.6 Å². The number of para-hydroxylation sites is 1. The van der Waals surface area contributed by atoms with E-state index in [1.165, 1.54) is 68.4 Å². The summed E-state index contributed by atoms with van der Waals surface area (Å²) >= 11 is 0. The third-order valence-corrected chi connectivity index (χ3v) is 4.15. The molecule has 0 unspecified atom stereocenters. The van der Waals surface area contributed by atoms with Gasteiger partial charge in [0.1, 0.15) is 17.2 Å². The lowest BCUT2D eigenvalue weighted by Gasteiger charge is -2.25. The molecular weight excluding hydrogens is 352 g/mol. The summed E-state index contributed by atoms with van der Waals surface area (Å²) < 4.78 is 28.0. The van der Waals surface area contributed by atoms with Gasteiger partial charge in [-0.05, 0) is 56.3 Å². The third kappa shape index (κ3) is 3.76. The molecule has 3 rings (SSSR count). The highest BCUT2D eigenvalue weighted by molar-refractivity contribution is 5.96. The van der Waals surface area contributed by atoms with Gasteiger partial charge in [0.05, 0.1) is 11.4 Å². The quantitative estimate of drug-likeness (QED) is 0.765. The SMILES string of the molecule is CC(C)(C(=O)Nc1ccccc1F)n1nc(-c2ccc(F)cc2)ccc1=O. The molecule has 0 spiro atoms. The molecule has 0 bridgehead atoms. The molecular formula is C20H17F2N3O2. The Bertz CT molecular complexity index is 1040. The molecule has 0 atom stereocenters. The van der Waals surface area contributed by atoms with Crippen molar-refractivity contribution < 1.29 is 13.6 Å². The van der Waals surface area contributed by atoms with E-state index in [1.807, 2.05) is 0 Å². The van der Waals surface area contributed by atoms with Gasteiger partial charge in [0.2, 0.25) is 0 Å². The van der Waals surface area contributed by atoms with E-state index in [-0.39, 0.29) is 5.69 Å². The Morgan fingerprint density at radius 1 is 1.00 bits per heavy atom. The zero-order valence-electron chi connectivity index (χ0n) is 14.7. The van der Waals surface area contributed by atoms with Crippen LogP contribution in [0.25, 0.3) is 11.3 Å². The molecule has 138 valence electrons. The second-order valence-corrected chi connectivity index (χ2v) is 6.47. The summed E-state index contributed by atoms with van der Waals surface area (Å²) in [5.41, 5.74) is -0.875. The van der Waals surface area contributed by atoms with Gasteiger partial charge in [0.15, 0.2) is 0 Å². The molecule has 5 nitrogen and oxygen atoms in total. The van der Waals surface area contributed by atoms with E-state index in [1.54, 1.807) is 6.07 Å². The Labute approximate surface area is 154 Å². The molecule has 2 aromatic carbocycles. The van der Waals surface area contributed by atoms with Crippen molar-refractivity contribution in [2.75, 3.05) is 5.32 Å². The minimum Gasteiger partial charge on any atom is -0.321 e. The number of carbonyl (C=O) groups excluding carboxylic acids is 1. The predicted molar refractivity (Wildman–Crippen MR) is 98.2 cm³/mol. The van der Waals surface area contributed by atoms with Crippen molar-refractivity contribution in [3.63, 3.8) is 0 Å². The average Bonchev–Trinajstić information content (AvgIpc) is 2.64. The van der Waals surface area contributed by atoms with Crippen LogP contribution in [0.3, 0.4) is 0 Å². The van der Waals surface area contributed by atoms with Crippen LogP contribution in [0.2, 0.25) is 0 Å². The number of aromatic nitrogens is 2. The molecule has 0 aliphatic heterocycles. The summed E-state index contributed by atoms with van der Waals surface area (Å²) in [5, 5.41) is 6.74. The molecule has 0 aliphatic carbocycles. The smallest absolute Gasteiger partial charge is 0.267 e. The number of benzene rings is 2. The Morgan fingerprint density at radius 3 is 2.33 bits per heavy atom. The first-order chi connectivity index (χ1) is 12.8. The lowest BCUT2D eigenvalue weighted by atomic mass is 10.0. The van der Waals surface area contributed by atoms with Gasteiger partial charge in [-0.3, -0.25) is 9.59 Å². The monoisotopic (exact) mass is 369 g/mol. The molecule has 7 heteroatoms. The summed E-state index contributed by atoms with van der Waals surface area (Å²) in [6.45, 7) is 3.01. The van der Waals surface area contributed by atoms with Gasteiger partial charge in [-0.2, -0.15) is 5.10 Å². The molecule has 0 fully saturated rings. The second kappa shape index (κ2) is 7.11. The predicted octanol–water partition coefficient (Wildman–Crippen LogP) is 3.56. The van der Waals surface area contributed by atoms with E-state index in [2.05, 4.69) is 10.4 Å². The van der Waals surface area contributed by atoms with Gasteiger partial charge in [0.25, 0.3) is 11.5 Å². The highest BCUT2D eigenvalue weighted by atomic mass is 19.1. The lowest BCUT2D eigenvalue weighted by molar-refractivity contribution is -0.123. The number of rotatable bonds is 4. The van der Waals surface area contributed by atoms with E-state index in [9.17, 15) is 18.4 Å². The van der Waals surface area contributed by atoms with Crippen LogP contribution in [0.4, 0.5) is 14.5 Å². The number of amides is 1. The van der Waals surface area contributed by atoms with Crippen molar-refractivity contribution in [2.45, 2.75) is 19.4 Å². The first-order valence-electron chi connectivity index (χ1n) is 8.22. The summed E-state index contributed by atoms with van der Waals surface area (Å²) in [7, 11) is 0. The van der Waals surface area contributed by atoms with E-state index in [0.717, 1.165) is 4.68 Å². The van der Waals surface area contributed by atoms with Crippen LogP contribution >= 0.6 is 0 Å². The van der Waals surface area contributed by atoms with Gasteiger partial charge in [-0.1, -0.05) is 12.1 Å². The van der Waals surface area contributed by atoms with Crippen LogP contribution in [-0.4, -0.2) is 15.7 Å². The Morgan fingerprint density at radius 2 is 1.67 bits per heavy atom. The fourth-order valence-electron chi connectivity index (χ4n) is 2.52. The molecule has 1 heterocycles.